The van der Waals surface area contributed by atoms with Crippen molar-refractivity contribution in [3.8, 4) is 16.9 Å². The van der Waals surface area contributed by atoms with Gasteiger partial charge in [-0.2, -0.15) is 14.4 Å². The highest BCUT2D eigenvalue weighted by Gasteiger charge is 2.19. The molecule has 0 fully saturated rings. The summed E-state index contributed by atoms with van der Waals surface area (Å²) >= 11 is 0. The third kappa shape index (κ3) is 4.54. The van der Waals surface area contributed by atoms with Gasteiger partial charge in [0.2, 0.25) is 0 Å². The van der Waals surface area contributed by atoms with Gasteiger partial charge in [-0.1, -0.05) is 25.1 Å². The van der Waals surface area contributed by atoms with Crippen LogP contribution in [0.2, 0.25) is 0 Å². The SMILES string of the molecule is COc1ccc(-c2cnoc2)c(Cc2nc3c(N)nc(F)nc3n2CCNCC(C)C)c1. The molecule has 1 aromatic carbocycles. The molecule has 4 rings (SSSR count). The molecule has 9 nitrogen and oxygen atoms in total. The van der Waals surface area contributed by atoms with Crippen molar-refractivity contribution in [1.82, 2.24) is 30.0 Å². The average Bonchev–Trinajstić information content (AvgIpc) is 3.40. The lowest BCUT2D eigenvalue weighted by Gasteiger charge is -2.13. The number of nitrogens with zero attached hydrogens (tertiary/aromatic N) is 5. The molecule has 0 amide bonds. The number of imidazole rings is 1. The van der Waals surface area contributed by atoms with Crippen molar-refractivity contribution in [2.75, 3.05) is 25.9 Å². The summed E-state index contributed by atoms with van der Waals surface area (Å²) in [7, 11) is 1.62. The van der Waals surface area contributed by atoms with E-state index in [2.05, 4.69) is 39.3 Å². The lowest BCUT2D eigenvalue weighted by molar-refractivity contribution is 0.414. The average molecular weight is 439 g/mol. The van der Waals surface area contributed by atoms with Gasteiger partial charge in [0.15, 0.2) is 17.0 Å². The van der Waals surface area contributed by atoms with Crippen molar-refractivity contribution in [3.63, 3.8) is 0 Å². The maximum atomic E-state index is 14.0. The van der Waals surface area contributed by atoms with Gasteiger partial charge in [-0.25, -0.2) is 4.98 Å². The van der Waals surface area contributed by atoms with Gasteiger partial charge in [-0.3, -0.25) is 0 Å². The second kappa shape index (κ2) is 9.31. The van der Waals surface area contributed by atoms with Gasteiger partial charge in [-0.15, -0.1) is 0 Å². The first-order chi connectivity index (χ1) is 15.5. The smallest absolute Gasteiger partial charge is 0.312 e. The number of nitrogens with two attached hydrogens (primary N) is 1. The number of halogens is 1. The number of rotatable bonds is 9. The number of anilines is 1. The van der Waals surface area contributed by atoms with Crippen molar-refractivity contribution in [2.24, 2.45) is 5.92 Å². The molecule has 0 aliphatic heterocycles. The van der Waals surface area contributed by atoms with E-state index in [-0.39, 0.29) is 5.82 Å². The first-order valence-corrected chi connectivity index (χ1v) is 10.4. The number of nitrogen functional groups attached to an aromatic ring is 1. The van der Waals surface area contributed by atoms with Crippen LogP contribution in [-0.2, 0) is 13.0 Å². The number of benzene rings is 1. The monoisotopic (exact) mass is 439 g/mol. The molecule has 0 spiro atoms. The van der Waals surface area contributed by atoms with Crippen LogP contribution in [-0.4, -0.2) is 44.9 Å². The molecule has 3 heterocycles. The summed E-state index contributed by atoms with van der Waals surface area (Å²) in [6.07, 6.45) is 2.81. The Labute approximate surface area is 184 Å². The van der Waals surface area contributed by atoms with Crippen molar-refractivity contribution in [3.05, 3.63) is 48.1 Å². The van der Waals surface area contributed by atoms with E-state index in [0.29, 0.717) is 48.2 Å². The Hall–Kier alpha value is -3.53. The van der Waals surface area contributed by atoms with Crippen LogP contribution in [0.1, 0.15) is 25.2 Å². The molecule has 0 saturated carbocycles. The molecular formula is C22H26FN7O2. The summed E-state index contributed by atoms with van der Waals surface area (Å²) in [4.78, 5) is 12.3. The third-order valence-corrected chi connectivity index (χ3v) is 5.14. The summed E-state index contributed by atoms with van der Waals surface area (Å²) in [6, 6.07) is 5.77. The minimum atomic E-state index is -0.871. The number of ether oxygens (including phenoxy) is 1. The van der Waals surface area contributed by atoms with E-state index >= 15 is 0 Å². The summed E-state index contributed by atoms with van der Waals surface area (Å²) in [5.74, 6) is 1.95. The van der Waals surface area contributed by atoms with E-state index in [4.69, 9.17) is 15.0 Å². The Kier molecular flexibility index (Phi) is 6.31. The Morgan fingerprint density at radius 3 is 2.81 bits per heavy atom. The van der Waals surface area contributed by atoms with Gasteiger partial charge in [0.1, 0.15) is 17.8 Å². The normalized spacial score (nSPS) is 11.5. The Balaban J connectivity index is 1.75. The Morgan fingerprint density at radius 2 is 2.09 bits per heavy atom. The topological polar surface area (TPSA) is 117 Å². The van der Waals surface area contributed by atoms with E-state index in [1.165, 1.54) is 0 Å². The predicted molar refractivity (Wildman–Crippen MR) is 119 cm³/mol. The number of hydrogen-bond donors (Lipinski definition) is 2. The third-order valence-electron chi connectivity index (χ3n) is 5.14. The van der Waals surface area contributed by atoms with Crippen LogP contribution < -0.4 is 15.8 Å². The predicted octanol–water partition coefficient (Wildman–Crippen LogP) is 3.05. The first-order valence-electron chi connectivity index (χ1n) is 10.4. The van der Waals surface area contributed by atoms with Crippen molar-refractivity contribution < 1.29 is 13.7 Å². The van der Waals surface area contributed by atoms with Crippen LogP contribution in [0.15, 0.2) is 35.2 Å². The maximum Gasteiger partial charge on any atom is 0.312 e. The Morgan fingerprint density at radius 1 is 1.25 bits per heavy atom. The van der Waals surface area contributed by atoms with Crippen molar-refractivity contribution in [2.45, 2.75) is 26.8 Å². The molecule has 3 N–H and O–H groups in total. The zero-order chi connectivity index (χ0) is 22.7. The van der Waals surface area contributed by atoms with Gasteiger partial charge in [-0.05, 0) is 35.7 Å². The second-order valence-electron chi connectivity index (χ2n) is 7.94. The lowest BCUT2D eigenvalue weighted by atomic mass is 9.99. The van der Waals surface area contributed by atoms with Gasteiger partial charge >= 0.3 is 6.08 Å². The van der Waals surface area contributed by atoms with Crippen LogP contribution in [0.4, 0.5) is 10.2 Å². The van der Waals surface area contributed by atoms with E-state index < -0.39 is 6.08 Å². The number of fused-ring (bicyclic) bond motifs is 1. The maximum absolute atomic E-state index is 14.0. The molecule has 0 unspecified atom stereocenters. The van der Waals surface area contributed by atoms with Crippen LogP contribution in [0.3, 0.4) is 0 Å². The Bertz CT molecular complexity index is 1200. The van der Waals surface area contributed by atoms with Crippen LogP contribution >= 0.6 is 0 Å². The zero-order valence-electron chi connectivity index (χ0n) is 18.3. The van der Waals surface area contributed by atoms with Crippen LogP contribution in [0, 0.1) is 12.0 Å². The van der Waals surface area contributed by atoms with E-state index in [9.17, 15) is 4.39 Å². The summed E-state index contributed by atoms with van der Waals surface area (Å²) < 4.78 is 26.3. The van der Waals surface area contributed by atoms with Gasteiger partial charge in [0.25, 0.3) is 0 Å². The van der Waals surface area contributed by atoms with E-state index in [0.717, 1.165) is 23.2 Å². The summed E-state index contributed by atoms with van der Waals surface area (Å²) in [6.45, 7) is 6.40. The molecule has 10 heteroatoms. The molecule has 0 radical (unpaired) electrons. The highest BCUT2D eigenvalue weighted by atomic mass is 19.1. The second-order valence-corrected chi connectivity index (χ2v) is 7.94. The summed E-state index contributed by atoms with van der Waals surface area (Å²) in [5.41, 5.74) is 9.46. The molecule has 0 bridgehead atoms. The molecule has 0 atom stereocenters. The standard InChI is InChI=1S/C22H26FN7O2/c1-13(2)10-25-6-7-30-18(27-19-20(24)28-22(23)29-21(19)30)9-14-8-16(31-3)4-5-17(14)15-11-26-32-12-15/h4-5,8,11-13,25H,6-7,9-10H2,1-3H3,(H2,24,28,29). The van der Waals surface area contributed by atoms with Gasteiger partial charge in [0, 0.05) is 25.1 Å². The molecule has 32 heavy (non-hydrogen) atoms. The minimum Gasteiger partial charge on any atom is -0.497 e. The molecule has 168 valence electrons. The van der Waals surface area contributed by atoms with Crippen molar-refractivity contribution in [1.29, 1.82) is 0 Å². The molecule has 4 aromatic rings. The number of hydrogen-bond acceptors (Lipinski definition) is 8. The molecule has 0 saturated heterocycles. The van der Waals surface area contributed by atoms with Gasteiger partial charge in [0.05, 0.1) is 13.3 Å². The molecular weight excluding hydrogens is 413 g/mol. The highest BCUT2D eigenvalue weighted by molar-refractivity contribution is 5.82. The van der Waals surface area contributed by atoms with Crippen molar-refractivity contribution >= 4 is 17.0 Å². The fraction of sp³-hybridized carbons (Fsp3) is 0.364. The first kappa shape index (κ1) is 21.7. The summed E-state index contributed by atoms with van der Waals surface area (Å²) in [5, 5.41) is 7.22. The quantitative estimate of drug-likeness (QED) is 0.302. The fourth-order valence-electron chi connectivity index (χ4n) is 3.62. The molecule has 0 aliphatic carbocycles. The van der Waals surface area contributed by atoms with Crippen LogP contribution in [0.25, 0.3) is 22.3 Å². The number of nitrogens with one attached hydrogen (secondary N) is 1. The fourth-order valence-corrected chi connectivity index (χ4v) is 3.62. The van der Waals surface area contributed by atoms with E-state index in [1.54, 1.807) is 19.6 Å². The largest absolute Gasteiger partial charge is 0.497 e. The lowest BCUT2D eigenvalue weighted by Crippen LogP contribution is -2.25. The van der Waals surface area contributed by atoms with Gasteiger partial charge < -0.3 is 24.9 Å². The highest BCUT2D eigenvalue weighted by Crippen LogP contribution is 2.30. The van der Waals surface area contributed by atoms with Crippen LogP contribution in [0.5, 0.6) is 5.75 Å². The minimum absolute atomic E-state index is 0.0209. The number of methoxy groups -OCH3 is 1. The zero-order valence-corrected chi connectivity index (χ0v) is 18.3. The van der Waals surface area contributed by atoms with E-state index in [1.807, 2.05) is 22.8 Å². The molecule has 0 aliphatic rings. The molecule has 3 aromatic heterocycles. The number of aromatic nitrogens is 5.